The maximum atomic E-state index is 12.4. The summed E-state index contributed by atoms with van der Waals surface area (Å²) < 4.78 is 32.1. The number of thiazole rings is 1. The normalized spacial score (nSPS) is 11.0. The number of carbonyl (C=O) groups excluding carboxylic acids is 1. The van der Waals surface area contributed by atoms with Gasteiger partial charge in [0, 0.05) is 6.07 Å². The SMILES string of the molecule is COc1cc(S(=O)(=O)Nc2scnc2C(=O)O)ccc1NC(=O)CN. The predicted octanol–water partition coefficient (Wildman–Crippen LogP) is 0.548. The smallest absolute Gasteiger partial charge is 0.357 e. The van der Waals surface area contributed by atoms with Crippen molar-refractivity contribution in [3.8, 4) is 5.75 Å². The zero-order valence-corrected chi connectivity index (χ0v) is 14.5. The van der Waals surface area contributed by atoms with Crippen molar-refractivity contribution < 1.29 is 27.9 Å². The van der Waals surface area contributed by atoms with Crippen LogP contribution in [-0.2, 0) is 14.8 Å². The topological polar surface area (TPSA) is 161 Å². The number of anilines is 2. The zero-order valence-electron chi connectivity index (χ0n) is 12.8. The van der Waals surface area contributed by atoms with E-state index in [4.69, 9.17) is 15.6 Å². The average Bonchev–Trinajstić information content (AvgIpc) is 3.02. The van der Waals surface area contributed by atoms with E-state index in [0.717, 1.165) is 11.3 Å². The first kappa shape index (κ1) is 18.6. The molecule has 12 heteroatoms. The Morgan fingerprint density at radius 3 is 2.72 bits per heavy atom. The van der Waals surface area contributed by atoms with Crippen LogP contribution >= 0.6 is 11.3 Å². The second-order valence-electron chi connectivity index (χ2n) is 4.56. The quantitative estimate of drug-likeness (QED) is 0.536. The van der Waals surface area contributed by atoms with E-state index in [9.17, 15) is 18.0 Å². The third-order valence-corrected chi connectivity index (χ3v) is 5.16. The molecule has 0 spiro atoms. The van der Waals surface area contributed by atoms with E-state index >= 15 is 0 Å². The minimum Gasteiger partial charge on any atom is -0.495 e. The minimum absolute atomic E-state index is 0.104. The van der Waals surface area contributed by atoms with Crippen molar-refractivity contribution in [2.75, 3.05) is 23.7 Å². The molecule has 1 heterocycles. The van der Waals surface area contributed by atoms with Gasteiger partial charge in [-0.15, -0.1) is 11.3 Å². The molecule has 134 valence electrons. The maximum Gasteiger partial charge on any atom is 0.357 e. The van der Waals surface area contributed by atoms with Crippen LogP contribution in [-0.4, -0.2) is 44.0 Å². The van der Waals surface area contributed by atoms with E-state index in [1.165, 1.54) is 30.8 Å². The van der Waals surface area contributed by atoms with Gasteiger partial charge in [-0.1, -0.05) is 0 Å². The molecule has 5 N–H and O–H groups in total. The van der Waals surface area contributed by atoms with Crippen molar-refractivity contribution in [2.45, 2.75) is 4.90 Å². The number of hydrogen-bond acceptors (Lipinski definition) is 8. The van der Waals surface area contributed by atoms with Gasteiger partial charge in [0.25, 0.3) is 10.0 Å². The maximum absolute atomic E-state index is 12.4. The number of nitrogens with two attached hydrogens (primary N) is 1. The fraction of sp³-hybridized carbons (Fsp3) is 0.154. The highest BCUT2D eigenvalue weighted by Gasteiger charge is 2.22. The highest BCUT2D eigenvalue weighted by atomic mass is 32.2. The Kier molecular flexibility index (Phi) is 5.56. The summed E-state index contributed by atoms with van der Waals surface area (Å²) in [6, 6.07) is 3.76. The van der Waals surface area contributed by atoms with Gasteiger partial charge in [0.15, 0.2) is 5.69 Å². The van der Waals surface area contributed by atoms with Crippen molar-refractivity contribution >= 4 is 43.9 Å². The van der Waals surface area contributed by atoms with Crippen LogP contribution in [0.25, 0.3) is 0 Å². The molecule has 0 saturated carbocycles. The van der Waals surface area contributed by atoms with Gasteiger partial charge in [-0.3, -0.25) is 9.52 Å². The van der Waals surface area contributed by atoms with Crippen LogP contribution in [0.5, 0.6) is 5.75 Å². The number of carbonyl (C=O) groups is 2. The van der Waals surface area contributed by atoms with Crippen molar-refractivity contribution in [2.24, 2.45) is 5.73 Å². The predicted molar refractivity (Wildman–Crippen MR) is 90.6 cm³/mol. The number of carboxylic acid groups (broad SMARTS) is 1. The van der Waals surface area contributed by atoms with Crippen LogP contribution in [0, 0.1) is 0 Å². The summed E-state index contributed by atoms with van der Waals surface area (Å²) in [5.41, 5.74) is 6.28. The highest BCUT2D eigenvalue weighted by Crippen LogP contribution is 2.30. The largest absolute Gasteiger partial charge is 0.495 e. The molecule has 10 nitrogen and oxygen atoms in total. The third-order valence-electron chi connectivity index (χ3n) is 2.94. The third kappa shape index (κ3) is 4.23. The van der Waals surface area contributed by atoms with Crippen molar-refractivity contribution in [3.63, 3.8) is 0 Å². The van der Waals surface area contributed by atoms with Crippen LogP contribution in [0.3, 0.4) is 0 Å². The summed E-state index contributed by atoms with van der Waals surface area (Å²) >= 11 is 0.840. The summed E-state index contributed by atoms with van der Waals surface area (Å²) in [6.07, 6.45) is 0. The van der Waals surface area contributed by atoms with E-state index in [-0.39, 0.29) is 27.9 Å². The average molecular weight is 386 g/mol. The Morgan fingerprint density at radius 1 is 1.40 bits per heavy atom. The molecule has 1 aromatic heterocycles. The van der Waals surface area contributed by atoms with Gasteiger partial charge in [0.05, 0.1) is 29.7 Å². The molecular weight excluding hydrogens is 372 g/mol. The van der Waals surface area contributed by atoms with Crippen LogP contribution in [0.15, 0.2) is 28.6 Å². The second-order valence-corrected chi connectivity index (χ2v) is 7.09. The number of sulfonamides is 1. The standard InChI is InChI=1S/C13H14N4O6S2/c1-23-9-4-7(2-3-8(9)16-10(18)5-14)25(21,22)17-12-11(13(19)20)15-6-24-12/h2-4,6,17H,5,14H2,1H3,(H,16,18)(H,19,20). The summed E-state index contributed by atoms with van der Waals surface area (Å²) in [5.74, 6) is -1.72. The lowest BCUT2D eigenvalue weighted by Gasteiger charge is -2.12. The lowest BCUT2D eigenvalue weighted by Crippen LogP contribution is -2.22. The summed E-state index contributed by atoms with van der Waals surface area (Å²) in [7, 11) is -2.77. The Labute approximate surface area is 146 Å². The number of hydrogen-bond donors (Lipinski definition) is 4. The Morgan fingerprint density at radius 2 is 2.12 bits per heavy atom. The van der Waals surface area contributed by atoms with Gasteiger partial charge in [0.1, 0.15) is 10.8 Å². The Bertz CT molecular complexity index is 909. The molecule has 0 unspecified atom stereocenters. The second kappa shape index (κ2) is 7.46. The van der Waals surface area contributed by atoms with Gasteiger partial charge >= 0.3 is 5.97 Å². The van der Waals surface area contributed by atoms with Crippen LogP contribution < -0.4 is 20.5 Å². The first-order valence-electron chi connectivity index (χ1n) is 6.66. The number of aromatic carboxylic acids is 1. The van der Waals surface area contributed by atoms with Gasteiger partial charge < -0.3 is 20.9 Å². The first-order chi connectivity index (χ1) is 11.8. The van der Waals surface area contributed by atoms with Crippen LogP contribution in [0.1, 0.15) is 10.5 Å². The summed E-state index contributed by atoms with van der Waals surface area (Å²) in [5, 5.41) is 11.3. The summed E-state index contributed by atoms with van der Waals surface area (Å²) in [6.45, 7) is -0.242. The van der Waals surface area contributed by atoms with E-state index in [0.29, 0.717) is 0 Å². The van der Waals surface area contributed by atoms with E-state index in [1.807, 2.05) is 0 Å². The number of carboxylic acids is 1. The number of amides is 1. The molecule has 0 saturated heterocycles. The molecule has 2 rings (SSSR count). The molecule has 0 aliphatic carbocycles. The summed E-state index contributed by atoms with van der Waals surface area (Å²) in [4.78, 5) is 25.8. The first-order valence-corrected chi connectivity index (χ1v) is 9.02. The number of benzene rings is 1. The molecule has 25 heavy (non-hydrogen) atoms. The number of nitrogens with one attached hydrogen (secondary N) is 2. The molecule has 0 fully saturated rings. The molecular formula is C13H14N4O6S2. The van der Waals surface area contributed by atoms with Gasteiger partial charge in [-0.25, -0.2) is 18.2 Å². The highest BCUT2D eigenvalue weighted by molar-refractivity contribution is 7.93. The lowest BCUT2D eigenvalue weighted by atomic mass is 10.3. The van der Waals surface area contributed by atoms with Crippen LogP contribution in [0.4, 0.5) is 10.7 Å². The molecule has 0 radical (unpaired) electrons. The van der Waals surface area contributed by atoms with Gasteiger partial charge in [-0.05, 0) is 12.1 Å². The van der Waals surface area contributed by atoms with E-state index in [1.54, 1.807) is 0 Å². The monoisotopic (exact) mass is 386 g/mol. The molecule has 0 atom stereocenters. The van der Waals surface area contributed by atoms with E-state index < -0.39 is 27.6 Å². The molecule has 2 aromatic rings. The fourth-order valence-electron chi connectivity index (χ4n) is 1.80. The number of nitrogens with zero attached hydrogens (tertiary/aromatic N) is 1. The van der Waals surface area contributed by atoms with Crippen molar-refractivity contribution in [3.05, 3.63) is 29.4 Å². The molecule has 0 bridgehead atoms. The van der Waals surface area contributed by atoms with Crippen LogP contribution in [0.2, 0.25) is 0 Å². The van der Waals surface area contributed by atoms with Gasteiger partial charge in [-0.2, -0.15) is 0 Å². The number of methoxy groups -OCH3 is 1. The Hall–Kier alpha value is -2.70. The molecule has 1 amide bonds. The molecule has 1 aromatic carbocycles. The fourth-order valence-corrected chi connectivity index (χ4v) is 3.80. The minimum atomic E-state index is -4.08. The van der Waals surface area contributed by atoms with Crippen molar-refractivity contribution in [1.29, 1.82) is 0 Å². The van der Waals surface area contributed by atoms with E-state index in [2.05, 4.69) is 15.0 Å². The Balaban J connectivity index is 2.34. The number of ether oxygens (including phenoxy) is 1. The zero-order chi connectivity index (χ0) is 18.6. The number of rotatable bonds is 7. The number of aromatic nitrogens is 1. The molecule has 0 aliphatic heterocycles. The molecule has 0 aliphatic rings. The van der Waals surface area contributed by atoms with Crippen molar-refractivity contribution in [1.82, 2.24) is 4.98 Å². The van der Waals surface area contributed by atoms with Gasteiger partial charge in [0.2, 0.25) is 5.91 Å². The lowest BCUT2D eigenvalue weighted by molar-refractivity contribution is -0.114.